The molecule has 5 rings (SSSR count). The number of thiophene rings is 1. The Kier molecular flexibility index (Phi) is 7.00. The molecule has 4 aromatic rings. The van der Waals surface area contributed by atoms with Gasteiger partial charge < -0.3 is 29.1 Å². The zero-order chi connectivity index (χ0) is 27.0. The number of rotatable bonds is 6. The van der Waals surface area contributed by atoms with E-state index in [0.717, 1.165) is 16.9 Å². The van der Waals surface area contributed by atoms with Crippen LogP contribution in [-0.4, -0.2) is 36.1 Å². The van der Waals surface area contributed by atoms with Gasteiger partial charge in [0, 0.05) is 29.5 Å². The third-order valence-corrected chi connectivity index (χ3v) is 7.75. The lowest BCUT2D eigenvalue weighted by Gasteiger charge is -2.41. The predicted octanol–water partition coefficient (Wildman–Crippen LogP) is 6.10. The molecule has 198 valence electrons. The number of aryl methyl sites for hydroxylation is 1. The number of hydrogen-bond donors (Lipinski definition) is 2. The van der Waals surface area contributed by atoms with E-state index in [0.29, 0.717) is 23.3 Å². The minimum atomic E-state index is -0.865. The first-order valence-corrected chi connectivity index (χ1v) is 13.2. The number of ether oxygens (including phenoxy) is 3. The largest absolute Gasteiger partial charge is 0.505 e. The van der Waals surface area contributed by atoms with Crippen molar-refractivity contribution in [2.75, 3.05) is 12.4 Å². The van der Waals surface area contributed by atoms with Crippen molar-refractivity contribution in [1.82, 2.24) is 0 Å². The van der Waals surface area contributed by atoms with Gasteiger partial charge in [-0.25, -0.2) is 4.79 Å². The number of fused-ring (bicyclic) bond motifs is 1. The summed E-state index contributed by atoms with van der Waals surface area (Å²) in [6.45, 7) is 5.64. The molecule has 2 atom stereocenters. The van der Waals surface area contributed by atoms with Crippen LogP contribution in [0, 0.1) is 6.92 Å². The third kappa shape index (κ3) is 4.92. The molecule has 0 unspecified atom stereocenters. The van der Waals surface area contributed by atoms with E-state index in [4.69, 9.17) is 18.6 Å². The molecule has 2 aromatic carbocycles. The summed E-state index contributed by atoms with van der Waals surface area (Å²) in [5.41, 5.74) is 0.230. The second-order valence-electron chi connectivity index (χ2n) is 9.76. The molecule has 1 amide bonds. The molecular formula is C29H29NO7S. The van der Waals surface area contributed by atoms with Gasteiger partial charge in [0.2, 0.25) is 6.29 Å². The molecular weight excluding hydrogens is 506 g/mol. The Morgan fingerprint density at radius 2 is 1.97 bits per heavy atom. The molecule has 0 radical (unpaired) electrons. The van der Waals surface area contributed by atoms with Gasteiger partial charge in [0.1, 0.15) is 11.3 Å². The molecule has 1 aliphatic rings. The van der Waals surface area contributed by atoms with Crippen molar-refractivity contribution in [3.8, 4) is 21.9 Å². The van der Waals surface area contributed by atoms with E-state index in [1.165, 1.54) is 0 Å². The smallest absolute Gasteiger partial charge is 0.364 e. The van der Waals surface area contributed by atoms with Crippen molar-refractivity contribution in [1.29, 1.82) is 0 Å². The SMILES string of the molecule is CO[C@@H]1CC[C@H](Oc2ccc3c(O)c(NC(=O)c4cccc(-c5cccs5)c4)c(=O)oc3c2C)OC1(C)C. The quantitative estimate of drug-likeness (QED) is 0.287. The molecule has 1 saturated heterocycles. The summed E-state index contributed by atoms with van der Waals surface area (Å²) in [7, 11) is 1.66. The summed E-state index contributed by atoms with van der Waals surface area (Å²) in [6.07, 6.45) is 0.863. The molecule has 1 aliphatic heterocycles. The Labute approximate surface area is 223 Å². The molecule has 38 heavy (non-hydrogen) atoms. The van der Waals surface area contributed by atoms with Crippen LogP contribution in [0.25, 0.3) is 21.4 Å². The van der Waals surface area contributed by atoms with Crippen molar-refractivity contribution < 1.29 is 28.5 Å². The number of aromatic hydroxyl groups is 1. The number of carbonyl (C=O) groups excluding carboxylic acids is 1. The van der Waals surface area contributed by atoms with E-state index >= 15 is 0 Å². The van der Waals surface area contributed by atoms with Crippen LogP contribution in [0.5, 0.6) is 11.5 Å². The summed E-state index contributed by atoms with van der Waals surface area (Å²) in [5.74, 6) is -0.431. The monoisotopic (exact) mass is 535 g/mol. The first kappa shape index (κ1) is 26.0. The topological polar surface area (TPSA) is 107 Å². The highest BCUT2D eigenvalue weighted by Crippen LogP contribution is 2.37. The van der Waals surface area contributed by atoms with E-state index in [1.54, 1.807) is 55.7 Å². The molecule has 0 saturated carbocycles. The maximum atomic E-state index is 13.0. The zero-order valence-electron chi connectivity index (χ0n) is 21.6. The average Bonchev–Trinajstić information content (AvgIpc) is 3.43. The fourth-order valence-corrected chi connectivity index (χ4v) is 5.51. The van der Waals surface area contributed by atoms with Gasteiger partial charge in [0.05, 0.1) is 17.1 Å². The summed E-state index contributed by atoms with van der Waals surface area (Å²) in [5, 5.41) is 15.7. The fraction of sp³-hybridized carbons (Fsp3) is 0.310. The molecule has 8 nitrogen and oxygen atoms in total. The van der Waals surface area contributed by atoms with Gasteiger partial charge >= 0.3 is 5.63 Å². The van der Waals surface area contributed by atoms with Gasteiger partial charge in [-0.05, 0) is 68.5 Å². The van der Waals surface area contributed by atoms with Crippen LogP contribution in [0.1, 0.15) is 42.6 Å². The highest BCUT2D eigenvalue weighted by molar-refractivity contribution is 7.13. The van der Waals surface area contributed by atoms with E-state index in [1.807, 2.05) is 37.4 Å². The Balaban J connectivity index is 1.40. The van der Waals surface area contributed by atoms with Crippen molar-refractivity contribution in [2.45, 2.75) is 51.6 Å². The first-order valence-electron chi connectivity index (χ1n) is 12.3. The lowest BCUT2D eigenvalue weighted by Crippen LogP contribution is -2.49. The summed E-state index contributed by atoms with van der Waals surface area (Å²) in [4.78, 5) is 26.9. The van der Waals surface area contributed by atoms with Crippen LogP contribution in [-0.2, 0) is 9.47 Å². The number of nitrogens with one attached hydrogen (secondary N) is 1. The van der Waals surface area contributed by atoms with Crippen molar-refractivity contribution in [3.63, 3.8) is 0 Å². The Bertz CT molecular complexity index is 1540. The molecule has 0 aliphatic carbocycles. The van der Waals surface area contributed by atoms with Crippen LogP contribution >= 0.6 is 11.3 Å². The van der Waals surface area contributed by atoms with Crippen molar-refractivity contribution in [2.24, 2.45) is 0 Å². The van der Waals surface area contributed by atoms with Crippen LogP contribution in [0.2, 0.25) is 0 Å². The van der Waals surface area contributed by atoms with Crippen LogP contribution in [0.15, 0.2) is 63.1 Å². The highest BCUT2D eigenvalue weighted by atomic mass is 32.1. The first-order chi connectivity index (χ1) is 18.2. The lowest BCUT2D eigenvalue weighted by atomic mass is 9.94. The molecule has 2 aromatic heterocycles. The normalized spacial score (nSPS) is 18.8. The van der Waals surface area contributed by atoms with E-state index in [9.17, 15) is 14.7 Å². The Morgan fingerprint density at radius 3 is 2.68 bits per heavy atom. The second kappa shape index (κ2) is 10.2. The maximum absolute atomic E-state index is 13.0. The second-order valence-corrected chi connectivity index (χ2v) is 10.7. The molecule has 0 spiro atoms. The Morgan fingerprint density at radius 1 is 1.16 bits per heavy atom. The van der Waals surface area contributed by atoms with Crippen molar-refractivity contribution >= 4 is 33.9 Å². The predicted molar refractivity (Wildman–Crippen MR) is 146 cm³/mol. The van der Waals surface area contributed by atoms with E-state index in [2.05, 4.69) is 5.32 Å². The number of amides is 1. The molecule has 0 bridgehead atoms. The standard InChI is InChI=1S/C29H29NO7S/c1-16-20(35-23-13-12-22(34-4)29(2,3)37-23)11-10-19-25(31)24(28(33)36-26(16)19)30-27(32)18-8-5-7-17(15-18)21-9-6-14-38-21/h5-11,14-15,22-23,31H,12-13H2,1-4H3,(H,30,32)/t22-,23-/m1/s1. The number of carbonyl (C=O) groups is 1. The van der Waals surface area contributed by atoms with Gasteiger partial charge in [0.15, 0.2) is 11.4 Å². The number of anilines is 1. The van der Waals surface area contributed by atoms with Gasteiger partial charge in [-0.15, -0.1) is 11.3 Å². The highest BCUT2D eigenvalue weighted by Gasteiger charge is 2.39. The summed E-state index contributed by atoms with van der Waals surface area (Å²) < 4.78 is 23.3. The molecule has 9 heteroatoms. The lowest BCUT2D eigenvalue weighted by molar-refractivity contribution is -0.233. The zero-order valence-corrected chi connectivity index (χ0v) is 22.4. The minimum absolute atomic E-state index is 0.0400. The molecule has 1 fully saturated rings. The van der Waals surface area contributed by atoms with Gasteiger partial charge in [0.25, 0.3) is 5.91 Å². The minimum Gasteiger partial charge on any atom is -0.505 e. The number of methoxy groups -OCH3 is 1. The van der Waals surface area contributed by atoms with Crippen LogP contribution in [0.4, 0.5) is 5.69 Å². The number of benzene rings is 2. The van der Waals surface area contributed by atoms with E-state index < -0.39 is 23.4 Å². The van der Waals surface area contributed by atoms with Crippen LogP contribution < -0.4 is 15.7 Å². The average molecular weight is 536 g/mol. The van der Waals surface area contributed by atoms with Gasteiger partial charge in [-0.3, -0.25) is 4.79 Å². The van der Waals surface area contributed by atoms with Gasteiger partial charge in [-0.2, -0.15) is 0 Å². The van der Waals surface area contributed by atoms with Gasteiger partial charge in [-0.1, -0.05) is 18.2 Å². The van der Waals surface area contributed by atoms with Crippen molar-refractivity contribution in [3.05, 3.63) is 75.5 Å². The maximum Gasteiger partial charge on any atom is 0.364 e. The molecule has 3 heterocycles. The summed E-state index contributed by atoms with van der Waals surface area (Å²) >= 11 is 1.56. The molecule has 2 N–H and O–H groups in total. The summed E-state index contributed by atoms with van der Waals surface area (Å²) in [6, 6.07) is 14.2. The van der Waals surface area contributed by atoms with Crippen LogP contribution in [0.3, 0.4) is 0 Å². The van der Waals surface area contributed by atoms with E-state index in [-0.39, 0.29) is 28.5 Å². The number of hydrogen-bond acceptors (Lipinski definition) is 8. The fourth-order valence-electron chi connectivity index (χ4n) is 4.78. The Hall–Kier alpha value is -3.66. The third-order valence-electron chi connectivity index (χ3n) is 6.83.